The van der Waals surface area contributed by atoms with Crippen molar-refractivity contribution in [2.75, 3.05) is 0 Å². The Balaban J connectivity index is 0.00000162. The summed E-state index contributed by atoms with van der Waals surface area (Å²) in [6, 6.07) is 10.6. The molecule has 0 heterocycles. The topological polar surface area (TPSA) is 46.5 Å². The summed E-state index contributed by atoms with van der Waals surface area (Å²) in [5.41, 5.74) is 0.289. The van der Waals surface area contributed by atoms with E-state index < -0.39 is 5.97 Å². The van der Waals surface area contributed by atoms with Gasteiger partial charge < -0.3 is 9.84 Å². The number of hydrogen-bond acceptors (Lipinski definition) is 3. The van der Waals surface area contributed by atoms with Gasteiger partial charge in [0.1, 0.15) is 0 Å². The van der Waals surface area contributed by atoms with Crippen LogP contribution in [0, 0.1) is 0 Å². The number of phenolic OH excluding ortho intramolecular Hbond substituents is 1. The molecular formula is C14H12O3Y. The van der Waals surface area contributed by atoms with Crippen molar-refractivity contribution in [3.8, 4) is 11.5 Å². The molecule has 0 aliphatic heterocycles. The summed E-state index contributed by atoms with van der Waals surface area (Å²) in [5, 5.41) is 11.3. The Morgan fingerprint density at radius 3 is 2.56 bits per heavy atom. The zero-order chi connectivity index (χ0) is 12.4. The summed E-state index contributed by atoms with van der Waals surface area (Å²) in [6.07, 6.45) is 0. The Kier molecular flexibility index (Phi) is 5.06. The monoisotopic (exact) mass is 317 g/mol. The fourth-order valence-electron chi connectivity index (χ4n) is 1.52. The van der Waals surface area contributed by atoms with E-state index in [1.807, 2.05) is 18.2 Å². The number of aromatic hydroxyl groups is 1. The van der Waals surface area contributed by atoms with Crippen LogP contribution in [-0.2, 0) is 37.5 Å². The molecule has 0 atom stereocenters. The van der Waals surface area contributed by atoms with Gasteiger partial charge in [0.25, 0.3) is 0 Å². The van der Waals surface area contributed by atoms with Gasteiger partial charge in [0.15, 0.2) is 11.5 Å². The third kappa shape index (κ3) is 2.98. The van der Waals surface area contributed by atoms with Crippen molar-refractivity contribution >= 4 is 16.7 Å². The summed E-state index contributed by atoms with van der Waals surface area (Å²) in [7, 11) is 0. The molecule has 0 amide bonds. The minimum atomic E-state index is -0.545. The molecule has 1 N–H and O–H groups in total. The normalized spacial score (nSPS) is 9.61. The number of hydrogen-bond donors (Lipinski definition) is 1. The number of carbonyl (C=O) groups is 1. The summed E-state index contributed by atoms with van der Waals surface area (Å²) in [6.45, 7) is 5.06. The molecule has 2 aromatic carbocycles. The van der Waals surface area contributed by atoms with E-state index in [9.17, 15) is 9.90 Å². The van der Waals surface area contributed by atoms with Crippen LogP contribution in [-0.4, -0.2) is 11.1 Å². The number of esters is 1. The van der Waals surface area contributed by atoms with Crippen molar-refractivity contribution in [1.29, 1.82) is 0 Å². The van der Waals surface area contributed by atoms with Gasteiger partial charge in [-0.1, -0.05) is 36.9 Å². The van der Waals surface area contributed by atoms with Crippen molar-refractivity contribution < 1.29 is 47.3 Å². The molecule has 4 heteroatoms. The fourth-order valence-corrected chi connectivity index (χ4v) is 1.52. The van der Waals surface area contributed by atoms with Crippen LogP contribution in [0.4, 0.5) is 0 Å². The first-order valence-electron chi connectivity index (χ1n) is 5.18. The quantitative estimate of drug-likeness (QED) is 0.526. The Morgan fingerprint density at radius 1 is 1.22 bits per heavy atom. The maximum atomic E-state index is 11.5. The van der Waals surface area contributed by atoms with Crippen LogP contribution < -0.4 is 4.74 Å². The minimum Gasteiger partial charge on any atom is -0.504 e. The van der Waals surface area contributed by atoms with Crippen LogP contribution >= 0.6 is 0 Å². The molecule has 0 saturated carbocycles. The number of ether oxygens (including phenoxy) is 1. The van der Waals surface area contributed by atoms with E-state index in [0.717, 1.165) is 5.39 Å². The Bertz CT molecular complexity index is 605. The Morgan fingerprint density at radius 2 is 1.89 bits per heavy atom. The van der Waals surface area contributed by atoms with Crippen molar-refractivity contribution in [1.82, 2.24) is 0 Å². The number of phenols is 1. The van der Waals surface area contributed by atoms with E-state index >= 15 is 0 Å². The molecule has 0 unspecified atom stereocenters. The number of carbonyl (C=O) groups excluding carboxylic acids is 1. The van der Waals surface area contributed by atoms with E-state index in [2.05, 4.69) is 6.58 Å². The van der Waals surface area contributed by atoms with Crippen LogP contribution in [0.2, 0.25) is 0 Å². The average Bonchev–Trinajstić information content (AvgIpc) is 2.32. The van der Waals surface area contributed by atoms with E-state index in [1.165, 1.54) is 6.07 Å². The second-order valence-electron chi connectivity index (χ2n) is 3.80. The largest absolute Gasteiger partial charge is 0.504 e. The van der Waals surface area contributed by atoms with E-state index in [0.29, 0.717) is 5.39 Å². The van der Waals surface area contributed by atoms with Crippen molar-refractivity contribution in [2.24, 2.45) is 0 Å². The zero-order valence-electron chi connectivity index (χ0n) is 10.0. The van der Waals surface area contributed by atoms with Crippen LogP contribution in [0.3, 0.4) is 0 Å². The molecule has 0 saturated heterocycles. The van der Waals surface area contributed by atoms with Gasteiger partial charge in [0, 0.05) is 43.7 Å². The third-order valence-electron chi connectivity index (χ3n) is 2.40. The predicted molar refractivity (Wildman–Crippen MR) is 66.1 cm³/mol. The molecule has 0 aromatic heterocycles. The molecule has 0 aliphatic rings. The molecule has 89 valence electrons. The average molecular weight is 317 g/mol. The molecule has 3 nitrogen and oxygen atoms in total. The summed E-state index contributed by atoms with van der Waals surface area (Å²) >= 11 is 0. The van der Waals surface area contributed by atoms with Crippen LogP contribution in [0.5, 0.6) is 11.5 Å². The van der Waals surface area contributed by atoms with Crippen LogP contribution in [0.1, 0.15) is 6.92 Å². The first kappa shape index (κ1) is 14.9. The van der Waals surface area contributed by atoms with Gasteiger partial charge >= 0.3 is 5.97 Å². The number of rotatable bonds is 2. The number of benzene rings is 2. The summed E-state index contributed by atoms with van der Waals surface area (Å²) in [5.74, 6) is -0.425. The SMILES string of the molecule is C=C(C)C(=O)Oc1c(O)ccc2ccccc12.[Y]. The second-order valence-corrected chi connectivity index (χ2v) is 3.80. The molecule has 0 bridgehead atoms. The third-order valence-corrected chi connectivity index (χ3v) is 2.40. The fraction of sp³-hybridized carbons (Fsp3) is 0.0714. The van der Waals surface area contributed by atoms with Gasteiger partial charge in [-0.25, -0.2) is 4.79 Å². The Labute approximate surface area is 130 Å². The van der Waals surface area contributed by atoms with Gasteiger partial charge in [0.2, 0.25) is 0 Å². The first-order chi connectivity index (χ1) is 8.09. The maximum Gasteiger partial charge on any atom is 0.338 e. The molecule has 0 spiro atoms. The molecule has 1 radical (unpaired) electrons. The standard InChI is InChI=1S/C14H12O3.Y/c1-9(2)14(16)17-13-11-6-4-3-5-10(11)7-8-12(13)15;/h3-8,15H,1H2,2H3;. The summed E-state index contributed by atoms with van der Waals surface area (Å²) in [4.78, 5) is 11.5. The van der Waals surface area contributed by atoms with E-state index in [4.69, 9.17) is 4.74 Å². The van der Waals surface area contributed by atoms with Gasteiger partial charge in [0.05, 0.1) is 0 Å². The number of fused-ring (bicyclic) bond motifs is 1. The van der Waals surface area contributed by atoms with Gasteiger partial charge in [-0.3, -0.25) is 0 Å². The molecule has 2 rings (SSSR count). The van der Waals surface area contributed by atoms with Crippen molar-refractivity contribution in [3.63, 3.8) is 0 Å². The molecular weight excluding hydrogens is 305 g/mol. The van der Waals surface area contributed by atoms with Crippen LogP contribution in [0.15, 0.2) is 48.6 Å². The van der Waals surface area contributed by atoms with Crippen LogP contribution in [0.25, 0.3) is 10.8 Å². The van der Waals surface area contributed by atoms with E-state index in [-0.39, 0.29) is 49.8 Å². The second kappa shape index (κ2) is 6.12. The zero-order valence-corrected chi connectivity index (χ0v) is 12.9. The molecule has 18 heavy (non-hydrogen) atoms. The first-order valence-corrected chi connectivity index (χ1v) is 5.18. The van der Waals surface area contributed by atoms with Gasteiger partial charge in [-0.2, -0.15) is 0 Å². The summed E-state index contributed by atoms with van der Waals surface area (Å²) < 4.78 is 5.13. The molecule has 0 fully saturated rings. The molecule has 0 aliphatic carbocycles. The molecule has 2 aromatic rings. The maximum absolute atomic E-state index is 11.5. The van der Waals surface area contributed by atoms with Gasteiger partial charge in [-0.05, 0) is 18.4 Å². The Hall–Kier alpha value is -1.19. The predicted octanol–water partition coefficient (Wildman–Crippen LogP) is 3.02. The smallest absolute Gasteiger partial charge is 0.338 e. The van der Waals surface area contributed by atoms with E-state index in [1.54, 1.807) is 19.1 Å². The minimum absolute atomic E-state index is 0. The van der Waals surface area contributed by atoms with Crippen molar-refractivity contribution in [2.45, 2.75) is 6.92 Å². The van der Waals surface area contributed by atoms with Gasteiger partial charge in [-0.15, -0.1) is 0 Å². The van der Waals surface area contributed by atoms with Crippen molar-refractivity contribution in [3.05, 3.63) is 48.6 Å².